The summed E-state index contributed by atoms with van der Waals surface area (Å²) in [4.78, 5) is 2.42. The maximum Gasteiger partial charge on any atom is 0.0540 e. The van der Waals surface area contributed by atoms with Gasteiger partial charge in [-0.2, -0.15) is 0 Å². The average Bonchev–Trinajstić information content (AvgIpc) is 3.32. The second-order valence-corrected chi connectivity index (χ2v) is 15.2. The van der Waals surface area contributed by atoms with Gasteiger partial charge in [-0.15, -0.1) is 0 Å². The molecule has 0 bridgehead atoms. The fourth-order valence-electron chi connectivity index (χ4n) is 9.09. The molecular formula is C58H39N. The molecule has 0 N–H and O–H groups in total. The molecular weight excluding hydrogens is 711 g/mol. The maximum absolute atomic E-state index is 2.43. The highest BCUT2D eigenvalue weighted by molar-refractivity contribution is 6.22. The highest BCUT2D eigenvalue weighted by Crippen LogP contribution is 2.47. The third-order valence-electron chi connectivity index (χ3n) is 11.8. The lowest BCUT2D eigenvalue weighted by molar-refractivity contribution is 1.29. The minimum atomic E-state index is 1.10. The van der Waals surface area contributed by atoms with E-state index in [9.17, 15) is 0 Å². The molecule has 0 unspecified atom stereocenters. The van der Waals surface area contributed by atoms with Crippen LogP contribution in [0.3, 0.4) is 0 Å². The van der Waals surface area contributed by atoms with Gasteiger partial charge >= 0.3 is 0 Å². The summed E-state index contributed by atoms with van der Waals surface area (Å²) in [5.74, 6) is 0. The average molecular weight is 750 g/mol. The van der Waals surface area contributed by atoms with E-state index >= 15 is 0 Å². The van der Waals surface area contributed by atoms with Crippen molar-refractivity contribution in [3.8, 4) is 44.5 Å². The van der Waals surface area contributed by atoms with Gasteiger partial charge in [0.15, 0.2) is 0 Å². The molecule has 0 aliphatic carbocycles. The van der Waals surface area contributed by atoms with Gasteiger partial charge < -0.3 is 4.90 Å². The van der Waals surface area contributed by atoms with Crippen molar-refractivity contribution in [3.63, 3.8) is 0 Å². The zero-order valence-corrected chi connectivity index (χ0v) is 32.5. The predicted octanol–water partition coefficient (Wildman–Crippen LogP) is 16.4. The lowest BCUT2D eigenvalue weighted by Gasteiger charge is -2.28. The summed E-state index contributed by atoms with van der Waals surface area (Å²) in [6, 6.07) is 86.3. The maximum atomic E-state index is 2.43. The molecule has 0 radical (unpaired) electrons. The van der Waals surface area contributed by atoms with E-state index in [1.807, 2.05) is 0 Å². The van der Waals surface area contributed by atoms with Crippen LogP contribution in [0.1, 0.15) is 0 Å². The summed E-state index contributed by atoms with van der Waals surface area (Å²) in [7, 11) is 0. The Labute approximate surface area is 344 Å². The first kappa shape index (κ1) is 34.5. The Morgan fingerprint density at radius 1 is 0.237 bits per heavy atom. The van der Waals surface area contributed by atoms with Crippen LogP contribution in [0.25, 0.3) is 87.6 Å². The molecule has 276 valence electrons. The summed E-state index contributed by atoms with van der Waals surface area (Å²) < 4.78 is 0. The van der Waals surface area contributed by atoms with Crippen molar-refractivity contribution in [2.75, 3.05) is 4.90 Å². The fourth-order valence-corrected chi connectivity index (χ4v) is 9.09. The molecule has 59 heavy (non-hydrogen) atoms. The minimum Gasteiger partial charge on any atom is -0.310 e. The number of nitrogens with zero attached hydrogens (tertiary/aromatic N) is 1. The van der Waals surface area contributed by atoms with Crippen molar-refractivity contribution in [2.45, 2.75) is 0 Å². The molecule has 0 fully saturated rings. The van der Waals surface area contributed by atoms with Crippen LogP contribution >= 0.6 is 0 Å². The lowest BCUT2D eigenvalue weighted by atomic mass is 9.84. The largest absolute Gasteiger partial charge is 0.310 e. The quantitative estimate of drug-likeness (QED) is 0.147. The number of benzene rings is 11. The molecule has 0 aromatic heterocycles. The number of para-hydroxylation sites is 1. The van der Waals surface area contributed by atoms with Crippen molar-refractivity contribution in [1.82, 2.24) is 0 Å². The lowest BCUT2D eigenvalue weighted by Crippen LogP contribution is -2.11. The van der Waals surface area contributed by atoms with Gasteiger partial charge in [-0.05, 0) is 118 Å². The molecule has 1 heteroatoms. The van der Waals surface area contributed by atoms with E-state index in [2.05, 4.69) is 241 Å². The van der Waals surface area contributed by atoms with E-state index in [1.54, 1.807) is 0 Å². The predicted molar refractivity (Wildman–Crippen MR) is 253 cm³/mol. The molecule has 11 rings (SSSR count). The second-order valence-electron chi connectivity index (χ2n) is 15.2. The van der Waals surface area contributed by atoms with Gasteiger partial charge in [0.2, 0.25) is 0 Å². The van der Waals surface area contributed by atoms with Gasteiger partial charge in [0, 0.05) is 16.9 Å². The molecule has 0 spiro atoms. The van der Waals surface area contributed by atoms with E-state index in [0.29, 0.717) is 0 Å². The number of hydrogen-bond donors (Lipinski definition) is 0. The Morgan fingerprint density at radius 3 is 1.53 bits per heavy atom. The Balaban J connectivity index is 1.14. The molecule has 1 nitrogen and oxygen atoms in total. The number of rotatable bonds is 7. The third-order valence-corrected chi connectivity index (χ3v) is 11.8. The van der Waals surface area contributed by atoms with Crippen molar-refractivity contribution < 1.29 is 0 Å². The first-order valence-electron chi connectivity index (χ1n) is 20.3. The van der Waals surface area contributed by atoms with E-state index in [0.717, 1.165) is 28.2 Å². The SMILES string of the molecule is c1ccc(-c2c(-c3ccccc3)c3cc(-c4ccccc4N(c4ccc(-c5cccc6ccccc56)cc4)c4ccc5ccccc5c4)ccc3c3ccccc23)cc1. The number of hydrogen-bond acceptors (Lipinski definition) is 1. The zero-order chi connectivity index (χ0) is 39.1. The van der Waals surface area contributed by atoms with Gasteiger partial charge in [0.1, 0.15) is 0 Å². The number of fused-ring (bicyclic) bond motifs is 5. The van der Waals surface area contributed by atoms with Crippen molar-refractivity contribution in [2.24, 2.45) is 0 Å². The fraction of sp³-hybridized carbons (Fsp3) is 0. The minimum absolute atomic E-state index is 1.10. The van der Waals surface area contributed by atoms with E-state index in [-0.39, 0.29) is 0 Å². The van der Waals surface area contributed by atoms with Crippen LogP contribution in [0, 0.1) is 0 Å². The molecule has 0 saturated carbocycles. The van der Waals surface area contributed by atoms with Gasteiger partial charge in [-0.1, -0.05) is 200 Å². The van der Waals surface area contributed by atoms with Crippen LogP contribution in [0.15, 0.2) is 237 Å². The molecule has 0 aliphatic heterocycles. The topological polar surface area (TPSA) is 3.24 Å². The molecule has 0 saturated heterocycles. The molecule has 11 aromatic rings. The smallest absolute Gasteiger partial charge is 0.0540 e. The highest BCUT2D eigenvalue weighted by Gasteiger charge is 2.21. The Morgan fingerprint density at radius 2 is 0.763 bits per heavy atom. The third kappa shape index (κ3) is 6.12. The molecule has 0 heterocycles. The standard InChI is InChI=1S/C58H39N/c1-3-18-43(19-4-1)57-54-27-12-11-26-52(54)53-37-33-46(39-55(53)58(57)44-20-5-2-6-21-44)51-25-13-14-29-56(51)59(48-36-30-40-16-7-8-22-45(40)38-48)47-34-31-42(32-35-47)50-28-15-23-41-17-9-10-24-49(41)50/h1-39H. The van der Waals surface area contributed by atoms with Crippen LogP contribution in [0.2, 0.25) is 0 Å². The van der Waals surface area contributed by atoms with Crippen LogP contribution < -0.4 is 4.90 Å². The van der Waals surface area contributed by atoms with Crippen molar-refractivity contribution in [1.29, 1.82) is 0 Å². The number of anilines is 3. The first-order valence-corrected chi connectivity index (χ1v) is 20.3. The molecule has 0 amide bonds. The van der Waals surface area contributed by atoms with Gasteiger partial charge in [-0.25, -0.2) is 0 Å². The molecule has 0 atom stereocenters. The first-order chi connectivity index (χ1) is 29.3. The summed E-state index contributed by atoms with van der Waals surface area (Å²) in [5, 5.41) is 9.93. The summed E-state index contributed by atoms with van der Waals surface area (Å²) >= 11 is 0. The summed E-state index contributed by atoms with van der Waals surface area (Å²) in [6.07, 6.45) is 0. The summed E-state index contributed by atoms with van der Waals surface area (Å²) in [5.41, 5.74) is 13.0. The zero-order valence-electron chi connectivity index (χ0n) is 32.5. The van der Waals surface area contributed by atoms with Crippen LogP contribution in [-0.4, -0.2) is 0 Å². The van der Waals surface area contributed by atoms with Gasteiger partial charge in [0.25, 0.3) is 0 Å². The Bertz CT molecular complexity index is 3310. The van der Waals surface area contributed by atoms with Gasteiger partial charge in [-0.3, -0.25) is 0 Å². The highest BCUT2D eigenvalue weighted by atomic mass is 15.1. The molecule has 0 aliphatic rings. The van der Waals surface area contributed by atoms with Crippen LogP contribution in [-0.2, 0) is 0 Å². The van der Waals surface area contributed by atoms with Crippen molar-refractivity contribution >= 4 is 60.2 Å². The van der Waals surface area contributed by atoms with Crippen molar-refractivity contribution in [3.05, 3.63) is 237 Å². The Hall–Kier alpha value is -7.74. The van der Waals surface area contributed by atoms with Crippen LogP contribution in [0.4, 0.5) is 17.1 Å². The van der Waals surface area contributed by atoms with E-state index in [1.165, 1.54) is 76.5 Å². The van der Waals surface area contributed by atoms with Crippen LogP contribution in [0.5, 0.6) is 0 Å². The van der Waals surface area contributed by atoms with E-state index in [4.69, 9.17) is 0 Å². The normalized spacial score (nSPS) is 11.4. The van der Waals surface area contributed by atoms with E-state index < -0.39 is 0 Å². The Kier molecular flexibility index (Phi) is 8.56. The van der Waals surface area contributed by atoms with Gasteiger partial charge in [0.05, 0.1) is 5.69 Å². The second kappa shape index (κ2) is 14.6. The molecule has 11 aromatic carbocycles. The summed E-state index contributed by atoms with van der Waals surface area (Å²) in [6.45, 7) is 0. The monoisotopic (exact) mass is 749 g/mol.